The van der Waals surface area contributed by atoms with Crippen molar-refractivity contribution in [1.29, 1.82) is 0 Å². The van der Waals surface area contributed by atoms with Crippen molar-refractivity contribution in [3.63, 3.8) is 0 Å². The lowest BCUT2D eigenvalue weighted by Gasteiger charge is -2.05. The highest BCUT2D eigenvalue weighted by molar-refractivity contribution is 7.14. The van der Waals surface area contributed by atoms with Crippen LogP contribution in [0.25, 0.3) is 11.3 Å². The Labute approximate surface area is 156 Å². The van der Waals surface area contributed by atoms with Gasteiger partial charge in [-0.1, -0.05) is 61.3 Å². The number of anilines is 2. The lowest BCUT2D eigenvalue weighted by molar-refractivity contribution is 0.647. The van der Waals surface area contributed by atoms with Crippen LogP contribution in [0.5, 0.6) is 0 Å². The minimum absolute atomic E-state index is 0.600. The molecule has 1 N–H and O–H groups in total. The predicted octanol–water partition coefficient (Wildman–Crippen LogP) is 7.06. The maximum atomic E-state index is 6.03. The Morgan fingerprint density at radius 1 is 1.04 bits per heavy atom. The minimum Gasteiger partial charge on any atom is -0.331 e. The van der Waals surface area contributed by atoms with Crippen LogP contribution in [0.4, 0.5) is 10.8 Å². The molecule has 3 rings (SSSR count). The summed E-state index contributed by atoms with van der Waals surface area (Å²) >= 11 is 13.6. The molecule has 1 heterocycles. The molecule has 0 saturated heterocycles. The molecular formula is C19H18Cl2N2S. The summed E-state index contributed by atoms with van der Waals surface area (Å²) in [5, 5.41) is 7.31. The molecular weight excluding hydrogens is 359 g/mol. The monoisotopic (exact) mass is 376 g/mol. The van der Waals surface area contributed by atoms with Gasteiger partial charge < -0.3 is 5.32 Å². The summed E-state index contributed by atoms with van der Waals surface area (Å²) in [5.74, 6) is 0.662. The van der Waals surface area contributed by atoms with Crippen molar-refractivity contribution in [1.82, 2.24) is 4.98 Å². The van der Waals surface area contributed by atoms with E-state index in [-0.39, 0.29) is 0 Å². The number of rotatable bonds is 5. The van der Waals surface area contributed by atoms with Crippen LogP contribution in [-0.4, -0.2) is 4.98 Å². The van der Waals surface area contributed by atoms with Gasteiger partial charge in [0.1, 0.15) is 0 Å². The van der Waals surface area contributed by atoms with Gasteiger partial charge in [-0.2, -0.15) is 0 Å². The minimum atomic E-state index is 0.600. The Bertz CT molecular complexity index is 805. The Morgan fingerprint density at radius 2 is 1.71 bits per heavy atom. The summed E-state index contributed by atoms with van der Waals surface area (Å²) in [7, 11) is 0. The molecule has 0 fully saturated rings. The molecule has 2 aromatic carbocycles. The second-order valence-corrected chi connectivity index (χ2v) is 7.85. The number of hydrogen-bond donors (Lipinski definition) is 1. The fourth-order valence-electron chi connectivity index (χ4n) is 2.50. The van der Waals surface area contributed by atoms with E-state index >= 15 is 0 Å². The van der Waals surface area contributed by atoms with Gasteiger partial charge in [-0.05, 0) is 36.1 Å². The molecule has 124 valence electrons. The highest BCUT2D eigenvalue weighted by Crippen LogP contribution is 2.30. The molecule has 3 aromatic rings. The third-order valence-electron chi connectivity index (χ3n) is 3.51. The van der Waals surface area contributed by atoms with E-state index in [0.29, 0.717) is 16.0 Å². The summed E-state index contributed by atoms with van der Waals surface area (Å²) in [6.07, 6.45) is 1.10. The Balaban J connectivity index is 1.75. The molecule has 0 atom stereocenters. The van der Waals surface area contributed by atoms with Crippen LogP contribution in [0, 0.1) is 5.92 Å². The van der Waals surface area contributed by atoms with Crippen LogP contribution >= 0.6 is 34.5 Å². The number of benzene rings is 2. The van der Waals surface area contributed by atoms with Gasteiger partial charge in [0.25, 0.3) is 0 Å². The quantitative estimate of drug-likeness (QED) is 0.515. The highest BCUT2D eigenvalue weighted by Gasteiger charge is 2.07. The average molecular weight is 377 g/mol. The van der Waals surface area contributed by atoms with Crippen molar-refractivity contribution in [2.75, 3.05) is 5.32 Å². The first-order valence-corrected chi connectivity index (χ1v) is 9.41. The molecule has 0 aliphatic heterocycles. The average Bonchev–Trinajstić information content (AvgIpc) is 2.94. The zero-order valence-electron chi connectivity index (χ0n) is 13.5. The van der Waals surface area contributed by atoms with Crippen molar-refractivity contribution in [2.45, 2.75) is 20.3 Å². The number of halogens is 2. The van der Waals surface area contributed by atoms with Gasteiger partial charge in [-0.3, -0.25) is 0 Å². The second-order valence-electron chi connectivity index (χ2n) is 6.12. The molecule has 0 aliphatic carbocycles. The van der Waals surface area contributed by atoms with Gasteiger partial charge in [0.2, 0.25) is 0 Å². The number of nitrogens with one attached hydrogen (secondary N) is 1. The van der Waals surface area contributed by atoms with Gasteiger partial charge >= 0.3 is 0 Å². The molecule has 0 bridgehead atoms. The molecule has 0 amide bonds. The van der Waals surface area contributed by atoms with Crippen LogP contribution in [0.1, 0.15) is 19.4 Å². The van der Waals surface area contributed by atoms with Crippen LogP contribution in [0.15, 0.2) is 47.8 Å². The third-order valence-corrected chi connectivity index (χ3v) is 4.71. The first-order chi connectivity index (χ1) is 11.5. The standard InChI is InChI=1S/C19H18Cl2N2S/c1-12(2)7-13-3-5-14(6-4-13)18-11-24-19(23-18)22-17-9-15(20)8-16(21)10-17/h3-6,8-12H,7H2,1-2H3,(H,22,23). The summed E-state index contributed by atoms with van der Waals surface area (Å²) in [5.41, 5.74) is 4.28. The van der Waals surface area contributed by atoms with Gasteiger partial charge in [0.15, 0.2) is 5.13 Å². The molecule has 0 radical (unpaired) electrons. The normalized spacial score (nSPS) is 11.0. The molecule has 1 aromatic heterocycles. The van der Waals surface area contributed by atoms with E-state index in [2.05, 4.69) is 48.4 Å². The van der Waals surface area contributed by atoms with E-state index in [0.717, 1.165) is 28.5 Å². The number of thiazole rings is 1. The first-order valence-electron chi connectivity index (χ1n) is 7.77. The van der Waals surface area contributed by atoms with Gasteiger partial charge in [-0.15, -0.1) is 11.3 Å². The van der Waals surface area contributed by atoms with Gasteiger partial charge in [0, 0.05) is 26.7 Å². The van der Waals surface area contributed by atoms with E-state index < -0.39 is 0 Å². The molecule has 0 spiro atoms. The van der Waals surface area contributed by atoms with Crippen molar-refractivity contribution in [2.24, 2.45) is 5.92 Å². The third kappa shape index (κ3) is 4.50. The van der Waals surface area contributed by atoms with E-state index in [1.54, 1.807) is 17.4 Å². The van der Waals surface area contributed by atoms with Gasteiger partial charge in [0.05, 0.1) is 5.69 Å². The summed E-state index contributed by atoms with van der Waals surface area (Å²) < 4.78 is 0. The zero-order chi connectivity index (χ0) is 17.1. The fourth-order valence-corrected chi connectivity index (χ4v) is 3.76. The second kappa shape index (κ2) is 7.56. The van der Waals surface area contributed by atoms with Gasteiger partial charge in [-0.25, -0.2) is 4.98 Å². The lowest BCUT2D eigenvalue weighted by Crippen LogP contribution is -1.93. The maximum absolute atomic E-state index is 6.03. The summed E-state index contributed by atoms with van der Waals surface area (Å²) in [6.45, 7) is 4.46. The molecule has 0 saturated carbocycles. The molecule has 2 nitrogen and oxygen atoms in total. The zero-order valence-corrected chi connectivity index (χ0v) is 15.8. The largest absolute Gasteiger partial charge is 0.331 e. The van der Waals surface area contributed by atoms with Crippen LogP contribution < -0.4 is 5.32 Å². The first kappa shape index (κ1) is 17.3. The van der Waals surface area contributed by atoms with Crippen LogP contribution in [0.2, 0.25) is 10.0 Å². The molecule has 5 heteroatoms. The topological polar surface area (TPSA) is 24.9 Å². The fraction of sp³-hybridized carbons (Fsp3) is 0.211. The highest BCUT2D eigenvalue weighted by atomic mass is 35.5. The van der Waals surface area contributed by atoms with Crippen LogP contribution in [0.3, 0.4) is 0 Å². The number of nitrogens with zero attached hydrogens (tertiary/aromatic N) is 1. The number of aromatic nitrogens is 1. The number of hydrogen-bond acceptors (Lipinski definition) is 3. The van der Waals surface area contributed by atoms with E-state index in [9.17, 15) is 0 Å². The summed E-state index contributed by atoms with van der Waals surface area (Å²) in [6, 6.07) is 14.0. The smallest absolute Gasteiger partial charge is 0.187 e. The Kier molecular flexibility index (Phi) is 5.44. The molecule has 24 heavy (non-hydrogen) atoms. The van der Waals surface area contributed by atoms with Crippen LogP contribution in [-0.2, 0) is 6.42 Å². The van der Waals surface area contributed by atoms with Crippen molar-refractivity contribution < 1.29 is 0 Å². The molecule has 0 aliphatic rings. The van der Waals surface area contributed by atoms with Crippen molar-refractivity contribution >= 4 is 45.4 Å². The Morgan fingerprint density at radius 3 is 2.33 bits per heavy atom. The van der Waals surface area contributed by atoms with Crippen molar-refractivity contribution in [3.8, 4) is 11.3 Å². The van der Waals surface area contributed by atoms with E-state index in [1.807, 2.05) is 17.5 Å². The maximum Gasteiger partial charge on any atom is 0.187 e. The van der Waals surface area contributed by atoms with E-state index in [4.69, 9.17) is 23.2 Å². The summed E-state index contributed by atoms with van der Waals surface area (Å²) in [4.78, 5) is 4.65. The SMILES string of the molecule is CC(C)Cc1ccc(-c2csc(Nc3cc(Cl)cc(Cl)c3)n2)cc1. The predicted molar refractivity (Wildman–Crippen MR) is 106 cm³/mol. The Hall–Kier alpha value is -1.55. The van der Waals surface area contributed by atoms with Crippen molar-refractivity contribution in [3.05, 3.63) is 63.5 Å². The molecule has 0 unspecified atom stereocenters. The lowest BCUT2D eigenvalue weighted by atomic mass is 10.0. The van der Waals surface area contributed by atoms with E-state index in [1.165, 1.54) is 5.56 Å².